The first-order valence-electron chi connectivity index (χ1n) is 5.95. The first-order chi connectivity index (χ1) is 7.91. The number of carbonyl (C=O) groups excluding carboxylic acids is 1. The summed E-state index contributed by atoms with van der Waals surface area (Å²) in [6, 6.07) is 8.00. The normalized spacial score (nSPS) is 12.6. The molecule has 0 fully saturated rings. The summed E-state index contributed by atoms with van der Waals surface area (Å²) in [4.78, 5) is 14.8. The molecule has 2 nitrogen and oxygen atoms in total. The Balaban J connectivity index is 2.63. The second-order valence-electron chi connectivity index (χ2n) is 4.83. The van der Waals surface area contributed by atoms with E-state index in [0.717, 1.165) is 10.5 Å². The van der Waals surface area contributed by atoms with Crippen LogP contribution in [0.5, 0.6) is 0 Å². The quantitative estimate of drug-likeness (QED) is 0.816. The van der Waals surface area contributed by atoms with Crippen molar-refractivity contribution in [2.45, 2.75) is 38.1 Å². The van der Waals surface area contributed by atoms with Gasteiger partial charge in [0.1, 0.15) is 0 Å². The van der Waals surface area contributed by atoms with Gasteiger partial charge in [-0.1, -0.05) is 26.0 Å². The Hall–Kier alpha value is -0.960. The van der Waals surface area contributed by atoms with Crippen LogP contribution >= 0.6 is 12.6 Å². The Morgan fingerprint density at radius 2 is 1.76 bits per heavy atom. The van der Waals surface area contributed by atoms with E-state index in [-0.39, 0.29) is 11.9 Å². The van der Waals surface area contributed by atoms with Crippen molar-refractivity contribution in [2.24, 2.45) is 5.92 Å². The Labute approximate surface area is 109 Å². The Morgan fingerprint density at radius 3 is 2.24 bits per heavy atom. The fourth-order valence-corrected chi connectivity index (χ4v) is 1.74. The molecule has 1 amide bonds. The number of rotatable bonds is 4. The van der Waals surface area contributed by atoms with Crippen LogP contribution in [0, 0.1) is 5.92 Å². The molecule has 1 atom stereocenters. The second-order valence-corrected chi connectivity index (χ2v) is 5.35. The monoisotopic (exact) mass is 251 g/mol. The van der Waals surface area contributed by atoms with Gasteiger partial charge in [-0.05, 0) is 30.5 Å². The molecule has 0 saturated carbocycles. The molecule has 1 aromatic carbocycles. The number of benzene rings is 1. The van der Waals surface area contributed by atoms with Gasteiger partial charge in [0.05, 0.1) is 6.42 Å². The largest absolute Gasteiger partial charge is 0.343 e. The van der Waals surface area contributed by atoms with Crippen LogP contribution in [0.4, 0.5) is 0 Å². The predicted octanol–water partition coefficient (Wildman–Crippen LogP) is 3.02. The molecule has 1 rings (SSSR count). The van der Waals surface area contributed by atoms with Gasteiger partial charge in [-0.2, -0.15) is 0 Å². The van der Waals surface area contributed by atoms with Gasteiger partial charge < -0.3 is 4.90 Å². The van der Waals surface area contributed by atoms with Crippen LogP contribution in [0.1, 0.15) is 26.3 Å². The van der Waals surface area contributed by atoms with E-state index in [1.54, 1.807) is 0 Å². The highest BCUT2D eigenvalue weighted by molar-refractivity contribution is 7.80. The third kappa shape index (κ3) is 4.08. The van der Waals surface area contributed by atoms with Crippen LogP contribution in [0.15, 0.2) is 29.2 Å². The molecule has 0 aromatic heterocycles. The Morgan fingerprint density at radius 1 is 1.24 bits per heavy atom. The van der Waals surface area contributed by atoms with E-state index in [4.69, 9.17) is 0 Å². The lowest BCUT2D eigenvalue weighted by Gasteiger charge is -2.28. The van der Waals surface area contributed by atoms with E-state index in [9.17, 15) is 4.79 Å². The van der Waals surface area contributed by atoms with Crippen LogP contribution in [0.25, 0.3) is 0 Å². The van der Waals surface area contributed by atoms with Crippen molar-refractivity contribution in [3.05, 3.63) is 29.8 Å². The van der Waals surface area contributed by atoms with Crippen molar-refractivity contribution in [3.8, 4) is 0 Å². The number of carbonyl (C=O) groups is 1. The molecule has 0 spiro atoms. The van der Waals surface area contributed by atoms with Gasteiger partial charge in [-0.15, -0.1) is 12.6 Å². The van der Waals surface area contributed by atoms with Gasteiger partial charge in [-0.25, -0.2) is 0 Å². The highest BCUT2D eigenvalue weighted by Crippen LogP contribution is 2.12. The highest BCUT2D eigenvalue weighted by atomic mass is 32.1. The summed E-state index contributed by atoms with van der Waals surface area (Å²) in [7, 11) is 1.87. The molecular weight excluding hydrogens is 230 g/mol. The summed E-state index contributed by atoms with van der Waals surface area (Å²) < 4.78 is 0. The molecule has 0 heterocycles. The molecule has 3 heteroatoms. The van der Waals surface area contributed by atoms with Crippen molar-refractivity contribution >= 4 is 18.5 Å². The summed E-state index contributed by atoms with van der Waals surface area (Å²) in [6.07, 6.45) is 0.460. The van der Waals surface area contributed by atoms with E-state index in [2.05, 4.69) is 33.4 Å². The maximum atomic E-state index is 12.1. The van der Waals surface area contributed by atoms with Crippen LogP contribution in [-0.2, 0) is 11.2 Å². The lowest BCUT2D eigenvalue weighted by Crippen LogP contribution is -2.39. The average molecular weight is 251 g/mol. The summed E-state index contributed by atoms with van der Waals surface area (Å²) in [6.45, 7) is 6.34. The van der Waals surface area contributed by atoms with Gasteiger partial charge in [0.2, 0.25) is 5.91 Å². The number of thiol groups is 1. The first kappa shape index (κ1) is 14.1. The number of likely N-dealkylation sites (N-methyl/N-ethyl adjacent to an activating group) is 1. The van der Waals surface area contributed by atoms with Crippen molar-refractivity contribution < 1.29 is 4.79 Å². The molecule has 0 N–H and O–H groups in total. The minimum Gasteiger partial charge on any atom is -0.343 e. The maximum Gasteiger partial charge on any atom is 0.226 e. The lowest BCUT2D eigenvalue weighted by molar-refractivity contribution is -0.131. The number of amides is 1. The smallest absolute Gasteiger partial charge is 0.226 e. The molecule has 0 bridgehead atoms. The zero-order chi connectivity index (χ0) is 13.0. The summed E-state index contributed by atoms with van der Waals surface area (Å²) in [5.41, 5.74) is 1.04. The molecule has 0 aliphatic carbocycles. The number of hydrogen-bond acceptors (Lipinski definition) is 2. The molecule has 0 radical (unpaired) electrons. The molecule has 1 aromatic rings. The second kappa shape index (κ2) is 6.10. The molecule has 0 aliphatic rings. The standard InChI is InChI=1S/C14H21NOS/c1-10(2)11(3)15(4)14(16)9-12-5-7-13(17)8-6-12/h5-8,10-11,17H,9H2,1-4H3. The minimum absolute atomic E-state index is 0.165. The minimum atomic E-state index is 0.165. The van der Waals surface area contributed by atoms with E-state index in [1.807, 2.05) is 36.2 Å². The van der Waals surface area contributed by atoms with Crippen LogP contribution < -0.4 is 0 Å². The Kier molecular flexibility index (Phi) is 5.06. The highest BCUT2D eigenvalue weighted by Gasteiger charge is 2.18. The summed E-state index contributed by atoms with van der Waals surface area (Å²) in [5, 5.41) is 0. The van der Waals surface area contributed by atoms with Gasteiger partial charge >= 0.3 is 0 Å². The summed E-state index contributed by atoms with van der Waals surface area (Å²) >= 11 is 4.23. The van der Waals surface area contributed by atoms with E-state index < -0.39 is 0 Å². The van der Waals surface area contributed by atoms with Crippen LogP contribution in [-0.4, -0.2) is 23.9 Å². The van der Waals surface area contributed by atoms with Gasteiger partial charge in [0.15, 0.2) is 0 Å². The SMILES string of the molecule is CC(C)C(C)N(C)C(=O)Cc1ccc(S)cc1. The third-order valence-electron chi connectivity index (χ3n) is 3.26. The van der Waals surface area contributed by atoms with Crippen molar-refractivity contribution in [2.75, 3.05) is 7.05 Å². The first-order valence-corrected chi connectivity index (χ1v) is 6.40. The fraction of sp³-hybridized carbons (Fsp3) is 0.500. The van der Waals surface area contributed by atoms with Gasteiger partial charge in [-0.3, -0.25) is 4.79 Å². The molecule has 1 unspecified atom stereocenters. The van der Waals surface area contributed by atoms with Crippen LogP contribution in [0.2, 0.25) is 0 Å². The van der Waals surface area contributed by atoms with E-state index >= 15 is 0 Å². The molecule has 0 saturated heterocycles. The Bertz CT molecular complexity index is 372. The third-order valence-corrected chi connectivity index (χ3v) is 3.56. The van der Waals surface area contributed by atoms with Gasteiger partial charge in [0, 0.05) is 18.0 Å². The topological polar surface area (TPSA) is 20.3 Å². The lowest BCUT2D eigenvalue weighted by atomic mass is 10.0. The fourth-order valence-electron chi connectivity index (χ4n) is 1.59. The van der Waals surface area contributed by atoms with E-state index in [1.165, 1.54) is 0 Å². The van der Waals surface area contributed by atoms with Crippen LogP contribution in [0.3, 0.4) is 0 Å². The van der Waals surface area contributed by atoms with E-state index in [0.29, 0.717) is 12.3 Å². The molecule has 94 valence electrons. The zero-order valence-corrected chi connectivity index (χ0v) is 11.9. The average Bonchev–Trinajstić information content (AvgIpc) is 2.30. The van der Waals surface area contributed by atoms with Crippen molar-refractivity contribution in [1.29, 1.82) is 0 Å². The maximum absolute atomic E-state index is 12.1. The summed E-state index contributed by atoms with van der Waals surface area (Å²) in [5.74, 6) is 0.641. The molecule has 17 heavy (non-hydrogen) atoms. The molecule has 0 aliphatic heterocycles. The predicted molar refractivity (Wildman–Crippen MR) is 74.5 cm³/mol. The van der Waals surface area contributed by atoms with Crippen molar-refractivity contribution in [1.82, 2.24) is 4.90 Å². The number of nitrogens with zero attached hydrogens (tertiary/aromatic N) is 1. The zero-order valence-electron chi connectivity index (χ0n) is 11.0. The molecular formula is C14H21NOS. The van der Waals surface area contributed by atoms with Crippen molar-refractivity contribution in [3.63, 3.8) is 0 Å². The number of hydrogen-bond donors (Lipinski definition) is 1. The van der Waals surface area contributed by atoms with Gasteiger partial charge in [0.25, 0.3) is 0 Å².